The molecule has 0 radical (unpaired) electrons. The topological polar surface area (TPSA) is 60.7 Å². The minimum atomic E-state index is -1.09. The zero-order valence-corrected chi connectivity index (χ0v) is 21.1. The van der Waals surface area contributed by atoms with Crippen LogP contribution in [-0.2, 0) is 6.42 Å². The molecule has 4 aliphatic rings. The molecule has 3 fully saturated rings. The number of fused-ring (bicyclic) bond motifs is 5. The summed E-state index contributed by atoms with van der Waals surface area (Å²) < 4.78 is 0. The average molecular weight is 453 g/mol. The Kier molecular flexibility index (Phi) is 5.86. The standard InChI is InChI=1S/C30H44O3/c1-19-5-7-20(8-6-19)17-27(32)30(4,33)26-12-11-24-23-10-9-21-18-22(31)13-15-28(21,2)25(23)14-16-29(24,26)3/h5-9,22-27,31-33H,10-18H2,1-4H3/t22-,23-,24-,25-,26-,27+,28-,29-,30-/m0/s1. The van der Waals surface area contributed by atoms with Gasteiger partial charge in [0.25, 0.3) is 0 Å². The summed E-state index contributed by atoms with van der Waals surface area (Å²) in [5.74, 6) is 2.11. The van der Waals surface area contributed by atoms with E-state index in [1.54, 1.807) is 0 Å². The first-order valence-corrected chi connectivity index (χ1v) is 13.4. The molecule has 0 spiro atoms. The minimum Gasteiger partial charge on any atom is -0.393 e. The van der Waals surface area contributed by atoms with Crippen molar-refractivity contribution >= 4 is 0 Å². The lowest BCUT2D eigenvalue weighted by molar-refractivity contribution is -0.148. The van der Waals surface area contributed by atoms with Gasteiger partial charge in [-0.3, -0.25) is 0 Å². The highest BCUT2D eigenvalue weighted by atomic mass is 16.3. The van der Waals surface area contributed by atoms with Crippen molar-refractivity contribution in [2.45, 2.75) is 103 Å². The summed E-state index contributed by atoms with van der Waals surface area (Å²) in [7, 11) is 0. The number of rotatable bonds is 4. The van der Waals surface area contributed by atoms with Crippen LogP contribution >= 0.6 is 0 Å². The Morgan fingerprint density at radius 1 is 1.03 bits per heavy atom. The quantitative estimate of drug-likeness (QED) is 0.522. The van der Waals surface area contributed by atoms with Crippen molar-refractivity contribution in [3.63, 3.8) is 0 Å². The minimum absolute atomic E-state index is 0.0782. The highest BCUT2D eigenvalue weighted by Crippen LogP contribution is 2.67. The van der Waals surface area contributed by atoms with Crippen LogP contribution in [0.4, 0.5) is 0 Å². The molecule has 0 saturated heterocycles. The van der Waals surface area contributed by atoms with Crippen molar-refractivity contribution in [1.29, 1.82) is 0 Å². The molecule has 182 valence electrons. The van der Waals surface area contributed by atoms with Gasteiger partial charge in [-0.05, 0) is 105 Å². The average Bonchev–Trinajstić information content (AvgIpc) is 3.14. The van der Waals surface area contributed by atoms with E-state index in [4.69, 9.17) is 0 Å². The van der Waals surface area contributed by atoms with Gasteiger partial charge in [0.1, 0.15) is 0 Å². The predicted octanol–water partition coefficient (Wildman–Crippen LogP) is 5.59. The van der Waals surface area contributed by atoms with Gasteiger partial charge >= 0.3 is 0 Å². The van der Waals surface area contributed by atoms with Gasteiger partial charge in [0.15, 0.2) is 0 Å². The summed E-state index contributed by atoms with van der Waals surface area (Å²) in [6, 6.07) is 8.32. The molecule has 0 aliphatic heterocycles. The zero-order valence-electron chi connectivity index (χ0n) is 21.1. The Hall–Kier alpha value is -1.16. The molecule has 33 heavy (non-hydrogen) atoms. The van der Waals surface area contributed by atoms with E-state index in [1.165, 1.54) is 17.6 Å². The van der Waals surface area contributed by atoms with E-state index in [0.29, 0.717) is 24.2 Å². The van der Waals surface area contributed by atoms with Crippen LogP contribution in [-0.4, -0.2) is 33.1 Å². The van der Waals surface area contributed by atoms with Crippen LogP contribution in [0.1, 0.15) is 83.3 Å². The number of allylic oxidation sites excluding steroid dienone is 1. The second-order valence-corrected chi connectivity index (χ2v) is 12.8. The van der Waals surface area contributed by atoms with Gasteiger partial charge in [-0.25, -0.2) is 0 Å². The van der Waals surface area contributed by atoms with Gasteiger partial charge in [-0.1, -0.05) is 55.3 Å². The Balaban J connectivity index is 1.37. The normalized spacial score (nSPS) is 43.0. The van der Waals surface area contributed by atoms with Crippen LogP contribution in [0.3, 0.4) is 0 Å². The van der Waals surface area contributed by atoms with Crippen LogP contribution < -0.4 is 0 Å². The molecule has 5 rings (SSSR count). The first kappa shape index (κ1) is 23.6. The second kappa shape index (κ2) is 8.21. The van der Waals surface area contributed by atoms with Crippen molar-refractivity contribution in [3.05, 3.63) is 47.0 Å². The summed E-state index contributed by atoms with van der Waals surface area (Å²) in [6.07, 6.45) is 10.6. The monoisotopic (exact) mass is 452 g/mol. The molecule has 1 aromatic rings. The molecular weight excluding hydrogens is 408 g/mol. The highest BCUT2D eigenvalue weighted by molar-refractivity contribution is 5.26. The summed E-state index contributed by atoms with van der Waals surface area (Å²) in [5, 5.41) is 33.3. The number of benzene rings is 1. The van der Waals surface area contributed by atoms with Gasteiger partial charge in [-0.15, -0.1) is 0 Å². The van der Waals surface area contributed by atoms with Crippen molar-refractivity contribution in [1.82, 2.24) is 0 Å². The first-order chi connectivity index (χ1) is 15.6. The molecule has 0 aromatic heterocycles. The van der Waals surface area contributed by atoms with Gasteiger partial charge in [0.05, 0.1) is 17.8 Å². The van der Waals surface area contributed by atoms with Crippen LogP contribution in [0.5, 0.6) is 0 Å². The Bertz CT molecular complexity index is 902. The molecular formula is C30H44O3. The Morgan fingerprint density at radius 3 is 2.48 bits per heavy atom. The van der Waals surface area contributed by atoms with E-state index in [1.807, 2.05) is 6.92 Å². The van der Waals surface area contributed by atoms with E-state index in [9.17, 15) is 15.3 Å². The Labute approximate surface area is 200 Å². The molecule has 9 atom stereocenters. The van der Waals surface area contributed by atoms with Crippen LogP contribution in [0.2, 0.25) is 0 Å². The number of aryl methyl sites for hydroxylation is 1. The fraction of sp³-hybridized carbons (Fsp3) is 0.733. The molecule has 3 N–H and O–H groups in total. The summed E-state index contributed by atoms with van der Waals surface area (Å²) in [6.45, 7) is 8.87. The fourth-order valence-electron chi connectivity index (χ4n) is 8.99. The highest BCUT2D eigenvalue weighted by Gasteiger charge is 2.62. The fourth-order valence-corrected chi connectivity index (χ4v) is 8.99. The maximum atomic E-state index is 11.8. The van der Waals surface area contributed by atoms with E-state index >= 15 is 0 Å². The summed E-state index contributed by atoms with van der Waals surface area (Å²) in [4.78, 5) is 0. The number of hydrogen-bond donors (Lipinski definition) is 3. The number of aliphatic hydroxyl groups is 3. The summed E-state index contributed by atoms with van der Waals surface area (Å²) >= 11 is 0. The van der Waals surface area contributed by atoms with Crippen LogP contribution in [0.25, 0.3) is 0 Å². The molecule has 3 heteroatoms. The molecule has 0 unspecified atom stereocenters. The molecule has 1 aromatic carbocycles. The molecule has 0 heterocycles. The lowest BCUT2D eigenvalue weighted by Gasteiger charge is -2.59. The zero-order chi connectivity index (χ0) is 23.6. The largest absolute Gasteiger partial charge is 0.393 e. The molecule has 0 bridgehead atoms. The van der Waals surface area contributed by atoms with Crippen LogP contribution in [0.15, 0.2) is 35.9 Å². The maximum Gasteiger partial charge on any atom is 0.0914 e. The van der Waals surface area contributed by atoms with E-state index < -0.39 is 11.7 Å². The third-order valence-corrected chi connectivity index (χ3v) is 11.0. The third-order valence-electron chi connectivity index (χ3n) is 11.0. The second-order valence-electron chi connectivity index (χ2n) is 12.8. The lowest BCUT2D eigenvalue weighted by Crippen LogP contribution is -2.56. The van der Waals surface area contributed by atoms with Crippen LogP contribution in [0, 0.1) is 41.4 Å². The van der Waals surface area contributed by atoms with E-state index in [-0.39, 0.29) is 22.9 Å². The molecule has 3 nitrogen and oxygen atoms in total. The number of hydrogen-bond acceptors (Lipinski definition) is 3. The van der Waals surface area contributed by atoms with Crippen molar-refractivity contribution in [2.75, 3.05) is 0 Å². The molecule has 4 aliphatic carbocycles. The SMILES string of the molecule is Cc1ccc(C[C@@H](O)[C@@](C)(O)[C@H]2CC[C@H]3[C@@H]4CC=C5C[C@@H](O)CC[C@]5(C)[C@H]4CC[C@]23C)cc1. The van der Waals surface area contributed by atoms with Gasteiger partial charge in [0.2, 0.25) is 0 Å². The molecule has 3 saturated carbocycles. The third kappa shape index (κ3) is 3.74. The summed E-state index contributed by atoms with van der Waals surface area (Å²) in [5.41, 5.74) is 3.06. The Morgan fingerprint density at radius 2 is 1.76 bits per heavy atom. The van der Waals surface area contributed by atoms with Gasteiger partial charge < -0.3 is 15.3 Å². The maximum absolute atomic E-state index is 11.8. The van der Waals surface area contributed by atoms with E-state index in [2.05, 4.69) is 51.1 Å². The van der Waals surface area contributed by atoms with Gasteiger partial charge in [0, 0.05) is 6.42 Å². The van der Waals surface area contributed by atoms with Crippen molar-refractivity contribution in [2.24, 2.45) is 34.5 Å². The predicted molar refractivity (Wildman–Crippen MR) is 133 cm³/mol. The van der Waals surface area contributed by atoms with Crippen molar-refractivity contribution in [3.8, 4) is 0 Å². The smallest absolute Gasteiger partial charge is 0.0914 e. The van der Waals surface area contributed by atoms with Gasteiger partial charge in [-0.2, -0.15) is 0 Å². The number of aliphatic hydroxyl groups excluding tert-OH is 2. The lowest BCUT2D eigenvalue weighted by atomic mass is 9.46. The van der Waals surface area contributed by atoms with Crippen molar-refractivity contribution < 1.29 is 15.3 Å². The molecule has 0 amide bonds. The van der Waals surface area contributed by atoms with E-state index in [0.717, 1.165) is 50.5 Å². The first-order valence-electron chi connectivity index (χ1n) is 13.4.